The molecule has 5 nitrogen and oxygen atoms in total. The number of nitrogens with one attached hydrogen (secondary N) is 1. The molecule has 1 N–H and O–H groups in total. The van der Waals surface area contributed by atoms with Gasteiger partial charge in [-0.15, -0.1) is 0 Å². The third-order valence-electron chi connectivity index (χ3n) is 3.31. The summed E-state index contributed by atoms with van der Waals surface area (Å²) in [7, 11) is 1.34. The maximum absolute atomic E-state index is 11.8. The summed E-state index contributed by atoms with van der Waals surface area (Å²) >= 11 is 0. The number of pyridine rings is 1. The summed E-state index contributed by atoms with van der Waals surface area (Å²) < 4.78 is 4.63. The number of ether oxygens (including phenoxy) is 1. The second-order valence-electron chi connectivity index (χ2n) is 4.93. The van der Waals surface area contributed by atoms with E-state index in [4.69, 9.17) is 0 Å². The smallest absolute Gasteiger partial charge is 0.337 e. The highest BCUT2D eigenvalue weighted by atomic mass is 16.5. The molecular formula is C18H18N2O3. The molecule has 0 aliphatic rings. The number of benzene rings is 1. The van der Waals surface area contributed by atoms with Crippen molar-refractivity contribution >= 4 is 18.0 Å². The molecule has 0 atom stereocenters. The van der Waals surface area contributed by atoms with Gasteiger partial charge < -0.3 is 10.1 Å². The lowest BCUT2D eigenvalue weighted by atomic mass is 10.1. The molecule has 118 valence electrons. The Morgan fingerprint density at radius 3 is 2.61 bits per heavy atom. The molecule has 0 saturated heterocycles. The van der Waals surface area contributed by atoms with Gasteiger partial charge in [-0.1, -0.05) is 18.2 Å². The predicted molar refractivity (Wildman–Crippen MR) is 87.6 cm³/mol. The van der Waals surface area contributed by atoms with Crippen LogP contribution in [0.5, 0.6) is 0 Å². The number of carbonyl (C=O) groups excluding carboxylic acids is 2. The van der Waals surface area contributed by atoms with Crippen LogP contribution in [-0.4, -0.2) is 24.0 Å². The van der Waals surface area contributed by atoms with Crippen molar-refractivity contribution < 1.29 is 14.3 Å². The highest BCUT2D eigenvalue weighted by Gasteiger charge is 2.04. The zero-order chi connectivity index (χ0) is 16.7. The van der Waals surface area contributed by atoms with Crippen LogP contribution in [0.1, 0.15) is 27.2 Å². The molecule has 0 aliphatic heterocycles. The summed E-state index contributed by atoms with van der Waals surface area (Å²) in [5.74, 6) is -0.587. The van der Waals surface area contributed by atoms with Gasteiger partial charge in [-0.25, -0.2) is 4.79 Å². The topological polar surface area (TPSA) is 68.3 Å². The molecule has 0 saturated carbocycles. The molecule has 1 heterocycles. The van der Waals surface area contributed by atoms with E-state index in [-0.39, 0.29) is 11.9 Å². The van der Waals surface area contributed by atoms with E-state index in [0.717, 1.165) is 16.8 Å². The van der Waals surface area contributed by atoms with Crippen LogP contribution in [0.25, 0.3) is 6.08 Å². The Balaban J connectivity index is 1.91. The molecule has 0 aliphatic carbocycles. The van der Waals surface area contributed by atoms with Gasteiger partial charge in [0.25, 0.3) is 0 Å². The fourth-order valence-corrected chi connectivity index (χ4v) is 1.95. The molecule has 5 heteroatoms. The number of rotatable bonds is 5. The largest absolute Gasteiger partial charge is 0.465 e. The molecule has 23 heavy (non-hydrogen) atoms. The molecule has 0 spiro atoms. The van der Waals surface area contributed by atoms with Crippen LogP contribution in [0.15, 0.2) is 48.7 Å². The predicted octanol–water partition coefficient (Wildman–Crippen LogP) is 2.51. The van der Waals surface area contributed by atoms with Crippen molar-refractivity contribution in [1.29, 1.82) is 0 Å². The SMILES string of the molecule is COC(=O)c1ccc(C=CC(=O)NCc2ncccc2C)cc1. The normalized spacial score (nSPS) is 10.5. The van der Waals surface area contributed by atoms with Crippen LogP contribution in [0.3, 0.4) is 0 Å². The second kappa shape index (κ2) is 7.89. The average Bonchev–Trinajstić information content (AvgIpc) is 2.59. The molecule has 1 amide bonds. The minimum Gasteiger partial charge on any atom is -0.465 e. The van der Waals surface area contributed by atoms with E-state index in [1.165, 1.54) is 13.2 Å². The van der Waals surface area contributed by atoms with E-state index >= 15 is 0 Å². The van der Waals surface area contributed by atoms with E-state index in [2.05, 4.69) is 15.0 Å². The van der Waals surface area contributed by atoms with Gasteiger partial charge in [-0.3, -0.25) is 9.78 Å². The maximum Gasteiger partial charge on any atom is 0.337 e. The van der Waals surface area contributed by atoms with Crippen molar-refractivity contribution in [3.63, 3.8) is 0 Å². The van der Waals surface area contributed by atoms with Crippen molar-refractivity contribution in [2.24, 2.45) is 0 Å². The number of methoxy groups -OCH3 is 1. The highest BCUT2D eigenvalue weighted by molar-refractivity contribution is 5.92. The lowest BCUT2D eigenvalue weighted by Gasteiger charge is -2.04. The van der Waals surface area contributed by atoms with Gasteiger partial charge in [0.15, 0.2) is 0 Å². The summed E-state index contributed by atoms with van der Waals surface area (Å²) in [5, 5.41) is 2.79. The quantitative estimate of drug-likeness (QED) is 0.680. The summed E-state index contributed by atoms with van der Waals surface area (Å²) in [6, 6.07) is 10.6. The number of aromatic nitrogens is 1. The molecule has 0 radical (unpaired) electrons. The van der Waals surface area contributed by atoms with Gasteiger partial charge >= 0.3 is 5.97 Å². The first-order chi connectivity index (χ1) is 11.1. The standard InChI is InChI=1S/C18H18N2O3/c1-13-4-3-11-19-16(13)12-20-17(21)10-7-14-5-8-15(9-6-14)18(22)23-2/h3-11H,12H2,1-2H3,(H,20,21). The van der Waals surface area contributed by atoms with E-state index in [0.29, 0.717) is 12.1 Å². The minimum atomic E-state index is -0.385. The molecule has 0 fully saturated rings. The lowest BCUT2D eigenvalue weighted by Crippen LogP contribution is -2.21. The molecule has 1 aromatic heterocycles. The van der Waals surface area contributed by atoms with E-state index in [1.807, 2.05) is 19.1 Å². The number of amides is 1. The van der Waals surface area contributed by atoms with Crippen molar-refractivity contribution in [2.45, 2.75) is 13.5 Å². The van der Waals surface area contributed by atoms with Crippen LogP contribution in [0, 0.1) is 6.92 Å². The fraction of sp³-hybridized carbons (Fsp3) is 0.167. The van der Waals surface area contributed by atoms with Gasteiger partial charge in [-0.05, 0) is 42.3 Å². The zero-order valence-electron chi connectivity index (χ0n) is 13.1. The van der Waals surface area contributed by atoms with Crippen molar-refractivity contribution in [1.82, 2.24) is 10.3 Å². The van der Waals surface area contributed by atoms with Gasteiger partial charge in [0, 0.05) is 12.3 Å². The number of carbonyl (C=O) groups is 2. The third-order valence-corrected chi connectivity index (χ3v) is 3.31. The van der Waals surface area contributed by atoms with Crippen LogP contribution in [0.4, 0.5) is 0 Å². The first kappa shape index (κ1) is 16.4. The van der Waals surface area contributed by atoms with E-state index < -0.39 is 0 Å². The Morgan fingerprint density at radius 1 is 1.22 bits per heavy atom. The lowest BCUT2D eigenvalue weighted by molar-refractivity contribution is -0.116. The van der Waals surface area contributed by atoms with Gasteiger partial charge in [0.05, 0.1) is 24.9 Å². The van der Waals surface area contributed by atoms with Crippen LogP contribution >= 0.6 is 0 Å². The van der Waals surface area contributed by atoms with Crippen LogP contribution < -0.4 is 5.32 Å². The van der Waals surface area contributed by atoms with Gasteiger partial charge in [-0.2, -0.15) is 0 Å². The first-order valence-corrected chi connectivity index (χ1v) is 7.15. The Hall–Kier alpha value is -2.95. The van der Waals surface area contributed by atoms with Crippen molar-refractivity contribution in [2.75, 3.05) is 7.11 Å². The van der Waals surface area contributed by atoms with Crippen molar-refractivity contribution in [3.05, 3.63) is 71.1 Å². The number of hydrogen-bond acceptors (Lipinski definition) is 4. The van der Waals surface area contributed by atoms with Gasteiger partial charge in [0.1, 0.15) is 0 Å². The number of aryl methyl sites for hydroxylation is 1. The summed E-state index contributed by atoms with van der Waals surface area (Å²) in [5.41, 5.74) is 3.17. The molecule has 2 aromatic rings. The summed E-state index contributed by atoms with van der Waals surface area (Å²) in [6.45, 7) is 2.34. The molecular weight excluding hydrogens is 292 g/mol. The summed E-state index contributed by atoms with van der Waals surface area (Å²) in [4.78, 5) is 27.4. The van der Waals surface area contributed by atoms with Crippen LogP contribution in [0.2, 0.25) is 0 Å². The maximum atomic E-state index is 11.8. The Labute approximate surface area is 135 Å². The molecule has 0 unspecified atom stereocenters. The Morgan fingerprint density at radius 2 is 1.96 bits per heavy atom. The highest BCUT2D eigenvalue weighted by Crippen LogP contribution is 2.07. The Bertz CT molecular complexity index is 721. The Kier molecular flexibility index (Phi) is 5.63. The van der Waals surface area contributed by atoms with Gasteiger partial charge in [0.2, 0.25) is 5.91 Å². The number of hydrogen-bond donors (Lipinski definition) is 1. The minimum absolute atomic E-state index is 0.202. The van der Waals surface area contributed by atoms with E-state index in [9.17, 15) is 9.59 Å². The van der Waals surface area contributed by atoms with Crippen molar-refractivity contribution in [3.8, 4) is 0 Å². The second-order valence-corrected chi connectivity index (χ2v) is 4.93. The monoisotopic (exact) mass is 310 g/mol. The molecule has 1 aromatic carbocycles. The third kappa shape index (κ3) is 4.78. The van der Waals surface area contributed by atoms with Crippen LogP contribution in [-0.2, 0) is 16.1 Å². The number of nitrogens with zero attached hydrogens (tertiary/aromatic N) is 1. The number of esters is 1. The molecule has 2 rings (SSSR count). The first-order valence-electron chi connectivity index (χ1n) is 7.15. The molecule has 0 bridgehead atoms. The average molecular weight is 310 g/mol. The van der Waals surface area contributed by atoms with E-state index in [1.54, 1.807) is 36.5 Å². The zero-order valence-corrected chi connectivity index (χ0v) is 13.1. The fourth-order valence-electron chi connectivity index (χ4n) is 1.95. The summed E-state index contributed by atoms with van der Waals surface area (Å²) in [6.07, 6.45) is 4.83.